The van der Waals surface area contributed by atoms with Gasteiger partial charge in [-0.15, -0.1) is 0 Å². The minimum atomic E-state index is -0.782. The first-order chi connectivity index (χ1) is 7.68. The summed E-state index contributed by atoms with van der Waals surface area (Å²) in [5, 5.41) is 17.1. The first-order valence-electron chi connectivity index (χ1n) is 5.67. The minimum Gasteiger partial charge on any atom is -0.481 e. The van der Waals surface area contributed by atoms with Gasteiger partial charge in [0.25, 0.3) is 0 Å². The number of aliphatic hydroxyl groups excluding tert-OH is 1. The number of rotatable bonds is 11. The lowest BCUT2D eigenvalue weighted by molar-refractivity contribution is -0.141. The largest absolute Gasteiger partial charge is 0.481 e. The third-order valence-corrected chi connectivity index (χ3v) is 2.14. The standard InChI is InChI=1S/C11H22O5/c1-10(11(13)14)4-9-16-8-3-7-15-6-2-5-12/h10,12H,2-9H2,1H3,(H,13,14). The van der Waals surface area contributed by atoms with Crippen LogP contribution in [0.15, 0.2) is 0 Å². The van der Waals surface area contributed by atoms with Gasteiger partial charge in [0.05, 0.1) is 5.92 Å². The number of carboxylic acids is 1. The number of hydrogen-bond acceptors (Lipinski definition) is 4. The molecule has 1 unspecified atom stereocenters. The normalized spacial score (nSPS) is 12.6. The number of aliphatic carboxylic acids is 1. The molecule has 96 valence electrons. The van der Waals surface area contributed by atoms with Gasteiger partial charge in [-0.3, -0.25) is 4.79 Å². The Morgan fingerprint density at radius 3 is 2.25 bits per heavy atom. The van der Waals surface area contributed by atoms with Gasteiger partial charge in [-0.25, -0.2) is 0 Å². The van der Waals surface area contributed by atoms with E-state index in [0.717, 1.165) is 6.42 Å². The van der Waals surface area contributed by atoms with Crippen molar-refractivity contribution in [2.75, 3.05) is 33.0 Å². The molecule has 0 aliphatic heterocycles. The molecule has 0 heterocycles. The van der Waals surface area contributed by atoms with Crippen molar-refractivity contribution in [3.63, 3.8) is 0 Å². The highest BCUT2D eigenvalue weighted by atomic mass is 16.5. The molecule has 0 aromatic heterocycles. The average Bonchev–Trinajstić information content (AvgIpc) is 2.26. The van der Waals surface area contributed by atoms with E-state index in [4.69, 9.17) is 19.7 Å². The first kappa shape index (κ1) is 15.3. The van der Waals surface area contributed by atoms with Crippen LogP contribution in [0.2, 0.25) is 0 Å². The van der Waals surface area contributed by atoms with E-state index < -0.39 is 5.97 Å². The molecule has 5 nitrogen and oxygen atoms in total. The molecule has 0 aliphatic rings. The average molecular weight is 234 g/mol. The van der Waals surface area contributed by atoms with Crippen LogP contribution in [-0.2, 0) is 14.3 Å². The maximum Gasteiger partial charge on any atom is 0.306 e. The Hall–Kier alpha value is -0.650. The number of carbonyl (C=O) groups is 1. The smallest absolute Gasteiger partial charge is 0.306 e. The van der Waals surface area contributed by atoms with Gasteiger partial charge in [0.1, 0.15) is 0 Å². The first-order valence-corrected chi connectivity index (χ1v) is 5.67. The Balaban J connectivity index is 3.07. The number of carboxylic acid groups (broad SMARTS) is 1. The molecular formula is C11H22O5. The van der Waals surface area contributed by atoms with Gasteiger partial charge in [-0.05, 0) is 19.3 Å². The summed E-state index contributed by atoms with van der Waals surface area (Å²) in [6.07, 6.45) is 2.00. The zero-order valence-corrected chi connectivity index (χ0v) is 9.85. The van der Waals surface area contributed by atoms with Crippen molar-refractivity contribution >= 4 is 5.97 Å². The molecule has 0 amide bonds. The van der Waals surface area contributed by atoms with Crippen LogP contribution in [0.4, 0.5) is 0 Å². The minimum absolute atomic E-state index is 0.156. The van der Waals surface area contributed by atoms with Crippen molar-refractivity contribution in [2.45, 2.75) is 26.2 Å². The van der Waals surface area contributed by atoms with Crippen LogP contribution in [0, 0.1) is 5.92 Å². The Morgan fingerprint density at radius 1 is 1.12 bits per heavy atom. The molecule has 1 atom stereocenters. The van der Waals surface area contributed by atoms with E-state index >= 15 is 0 Å². The van der Waals surface area contributed by atoms with E-state index in [0.29, 0.717) is 39.3 Å². The van der Waals surface area contributed by atoms with Crippen molar-refractivity contribution < 1.29 is 24.5 Å². The highest BCUT2D eigenvalue weighted by molar-refractivity contribution is 5.69. The second kappa shape index (κ2) is 10.9. The van der Waals surface area contributed by atoms with Crippen molar-refractivity contribution in [2.24, 2.45) is 5.92 Å². The predicted octanol–water partition coefficient (Wildman–Crippen LogP) is 0.903. The molecule has 0 saturated heterocycles. The highest BCUT2D eigenvalue weighted by Gasteiger charge is 2.09. The Bertz CT molecular complexity index is 172. The van der Waals surface area contributed by atoms with Gasteiger partial charge in [-0.2, -0.15) is 0 Å². The Kier molecular flexibility index (Phi) is 10.4. The van der Waals surface area contributed by atoms with Crippen molar-refractivity contribution in [3.8, 4) is 0 Å². The summed E-state index contributed by atoms with van der Waals surface area (Å²) in [4.78, 5) is 10.5. The summed E-state index contributed by atoms with van der Waals surface area (Å²) in [6, 6.07) is 0. The monoisotopic (exact) mass is 234 g/mol. The second-order valence-electron chi connectivity index (χ2n) is 3.68. The summed E-state index contributed by atoms with van der Waals surface area (Å²) in [7, 11) is 0. The van der Waals surface area contributed by atoms with E-state index in [2.05, 4.69) is 0 Å². The summed E-state index contributed by atoms with van der Waals surface area (Å²) < 4.78 is 10.5. The second-order valence-corrected chi connectivity index (χ2v) is 3.68. The summed E-state index contributed by atoms with van der Waals surface area (Å²) >= 11 is 0. The summed E-state index contributed by atoms with van der Waals surface area (Å²) in [5.41, 5.74) is 0. The maximum absolute atomic E-state index is 10.5. The molecule has 0 aromatic rings. The molecule has 5 heteroatoms. The van der Waals surface area contributed by atoms with E-state index in [-0.39, 0.29) is 12.5 Å². The molecule has 0 aliphatic carbocycles. The highest BCUT2D eigenvalue weighted by Crippen LogP contribution is 2.01. The fourth-order valence-corrected chi connectivity index (χ4v) is 1.02. The SMILES string of the molecule is CC(CCOCCCOCCCO)C(=O)O. The van der Waals surface area contributed by atoms with Gasteiger partial charge < -0.3 is 19.7 Å². The Labute approximate surface area is 96.4 Å². The number of ether oxygens (including phenoxy) is 2. The van der Waals surface area contributed by atoms with Gasteiger partial charge in [0.2, 0.25) is 0 Å². The van der Waals surface area contributed by atoms with Gasteiger partial charge >= 0.3 is 5.97 Å². The lowest BCUT2D eigenvalue weighted by Crippen LogP contribution is -2.12. The predicted molar refractivity (Wildman–Crippen MR) is 59.4 cm³/mol. The fraction of sp³-hybridized carbons (Fsp3) is 0.909. The molecule has 2 N–H and O–H groups in total. The van der Waals surface area contributed by atoms with E-state index in [1.807, 2.05) is 0 Å². The quantitative estimate of drug-likeness (QED) is 0.519. The van der Waals surface area contributed by atoms with Gasteiger partial charge in [0.15, 0.2) is 0 Å². The van der Waals surface area contributed by atoms with Crippen molar-refractivity contribution in [3.05, 3.63) is 0 Å². The summed E-state index contributed by atoms with van der Waals surface area (Å²) in [5.74, 6) is -1.13. The molecular weight excluding hydrogens is 212 g/mol. The van der Waals surface area contributed by atoms with Crippen LogP contribution >= 0.6 is 0 Å². The lowest BCUT2D eigenvalue weighted by atomic mass is 10.1. The van der Waals surface area contributed by atoms with Crippen molar-refractivity contribution in [1.29, 1.82) is 0 Å². The molecule has 0 saturated carbocycles. The van der Waals surface area contributed by atoms with Gasteiger partial charge in [0, 0.05) is 33.0 Å². The zero-order chi connectivity index (χ0) is 12.2. The molecule has 0 bridgehead atoms. The van der Waals surface area contributed by atoms with E-state index in [9.17, 15) is 4.79 Å². The lowest BCUT2D eigenvalue weighted by Gasteiger charge is -2.07. The van der Waals surface area contributed by atoms with Crippen LogP contribution in [0.5, 0.6) is 0 Å². The number of hydrogen-bond donors (Lipinski definition) is 2. The third-order valence-electron chi connectivity index (χ3n) is 2.14. The van der Waals surface area contributed by atoms with Crippen molar-refractivity contribution in [1.82, 2.24) is 0 Å². The number of aliphatic hydroxyl groups is 1. The molecule has 0 aromatic carbocycles. The van der Waals surface area contributed by atoms with Gasteiger partial charge in [-0.1, -0.05) is 6.92 Å². The molecule has 16 heavy (non-hydrogen) atoms. The Morgan fingerprint density at radius 2 is 1.69 bits per heavy atom. The van der Waals surface area contributed by atoms with Crippen LogP contribution in [0.1, 0.15) is 26.2 Å². The topological polar surface area (TPSA) is 76.0 Å². The molecule has 0 fully saturated rings. The summed E-state index contributed by atoms with van der Waals surface area (Å²) in [6.45, 7) is 4.09. The van der Waals surface area contributed by atoms with Crippen LogP contribution < -0.4 is 0 Å². The zero-order valence-electron chi connectivity index (χ0n) is 9.85. The molecule has 0 rings (SSSR count). The van der Waals surface area contributed by atoms with Crippen LogP contribution in [0.3, 0.4) is 0 Å². The third kappa shape index (κ3) is 9.89. The molecule has 0 spiro atoms. The fourth-order valence-electron chi connectivity index (χ4n) is 1.02. The van der Waals surface area contributed by atoms with E-state index in [1.54, 1.807) is 6.92 Å². The van der Waals surface area contributed by atoms with Crippen LogP contribution in [0.25, 0.3) is 0 Å². The molecule has 0 radical (unpaired) electrons. The maximum atomic E-state index is 10.5. The van der Waals surface area contributed by atoms with Crippen LogP contribution in [-0.4, -0.2) is 49.2 Å². The van der Waals surface area contributed by atoms with E-state index in [1.165, 1.54) is 0 Å².